The first-order valence-corrected chi connectivity index (χ1v) is 11.6. The van der Waals surface area contributed by atoms with Gasteiger partial charge in [0.15, 0.2) is 0 Å². The number of hydrogen-bond donors (Lipinski definition) is 0. The molecule has 0 unspecified atom stereocenters. The molecule has 176 valence electrons. The van der Waals surface area contributed by atoms with Gasteiger partial charge in [-0.25, -0.2) is 0 Å². The van der Waals surface area contributed by atoms with Crippen molar-refractivity contribution in [1.82, 2.24) is 0 Å². The van der Waals surface area contributed by atoms with E-state index in [4.69, 9.17) is 9.47 Å². The lowest BCUT2D eigenvalue weighted by Gasteiger charge is -2.62. The lowest BCUT2D eigenvalue weighted by molar-refractivity contribution is -0.536. The third-order valence-electron chi connectivity index (χ3n) is 6.83. The van der Waals surface area contributed by atoms with Crippen LogP contribution in [0.1, 0.15) is 50.7 Å². The highest BCUT2D eigenvalue weighted by atomic mass is 16.5. The molecular weight excluding hydrogens is 404 g/mol. The van der Waals surface area contributed by atoms with Crippen molar-refractivity contribution in [2.24, 2.45) is 0 Å². The first kappa shape index (κ1) is 24.2. The van der Waals surface area contributed by atoms with Crippen molar-refractivity contribution in [3.63, 3.8) is 0 Å². The van der Waals surface area contributed by atoms with Crippen LogP contribution in [0.2, 0.25) is 0 Å². The molecule has 2 aromatic rings. The molecule has 0 aromatic heterocycles. The number of anilines is 2. The van der Waals surface area contributed by atoms with Gasteiger partial charge >= 0.3 is 0 Å². The highest BCUT2D eigenvalue weighted by Crippen LogP contribution is 2.50. The summed E-state index contributed by atoms with van der Waals surface area (Å²) in [6.45, 7) is 11.9. The Bertz CT molecular complexity index is 814. The summed E-state index contributed by atoms with van der Waals surface area (Å²) in [6, 6.07) is 11.6. The zero-order valence-electron chi connectivity index (χ0n) is 20.1. The van der Waals surface area contributed by atoms with E-state index in [1.165, 1.54) is 0 Å². The maximum atomic E-state index is 13.3. The molecule has 1 aliphatic rings. The predicted octanol–water partition coefficient (Wildman–Crippen LogP) is 2.74. The SMILES string of the molecule is CCN(CC)c1ccc(C2C([O-])C(c3ccc(N(CC)CC)cc3OC)C2[O-])c(OC)c1. The van der Waals surface area contributed by atoms with Crippen molar-refractivity contribution in [3.05, 3.63) is 47.5 Å². The molecule has 0 atom stereocenters. The highest BCUT2D eigenvalue weighted by Gasteiger charge is 2.41. The second kappa shape index (κ2) is 10.5. The van der Waals surface area contributed by atoms with E-state index < -0.39 is 24.0 Å². The summed E-state index contributed by atoms with van der Waals surface area (Å²) >= 11 is 0. The molecule has 32 heavy (non-hydrogen) atoms. The molecular formula is C26H36N2O4-2. The minimum Gasteiger partial charge on any atom is -0.851 e. The van der Waals surface area contributed by atoms with E-state index in [0.29, 0.717) is 22.6 Å². The average molecular weight is 441 g/mol. The standard InChI is InChI=1S/C26H36N2O4/c1-7-27(8-2)17-11-13-19(21(15-17)31-5)23-25(29)24(26(23)30)20-14-12-18(16-22(20)32-6)28(9-3)10-4/h11-16,23-26H,7-10H2,1-6H3/q-2. The Morgan fingerprint density at radius 3 is 1.28 bits per heavy atom. The van der Waals surface area contributed by atoms with Crippen LogP contribution >= 0.6 is 0 Å². The van der Waals surface area contributed by atoms with E-state index in [0.717, 1.165) is 37.6 Å². The third kappa shape index (κ3) is 4.26. The van der Waals surface area contributed by atoms with Crippen LogP contribution in [-0.4, -0.2) is 52.6 Å². The molecule has 0 spiro atoms. The lowest BCUT2D eigenvalue weighted by Crippen LogP contribution is -2.63. The van der Waals surface area contributed by atoms with E-state index in [1.54, 1.807) is 14.2 Å². The fourth-order valence-electron chi connectivity index (χ4n) is 4.90. The number of rotatable bonds is 10. The fourth-order valence-corrected chi connectivity index (χ4v) is 4.90. The number of hydrogen-bond acceptors (Lipinski definition) is 6. The van der Waals surface area contributed by atoms with E-state index in [2.05, 4.69) is 37.5 Å². The Morgan fingerprint density at radius 2 is 1.00 bits per heavy atom. The Kier molecular flexibility index (Phi) is 7.91. The predicted molar refractivity (Wildman–Crippen MR) is 126 cm³/mol. The van der Waals surface area contributed by atoms with Crippen LogP contribution in [0.5, 0.6) is 11.5 Å². The smallest absolute Gasteiger partial charge is 0.124 e. The summed E-state index contributed by atoms with van der Waals surface area (Å²) in [5.41, 5.74) is 3.48. The molecule has 0 amide bonds. The van der Waals surface area contributed by atoms with Crippen LogP contribution in [-0.2, 0) is 0 Å². The summed E-state index contributed by atoms with van der Waals surface area (Å²) in [6.07, 6.45) is -2.09. The van der Waals surface area contributed by atoms with Gasteiger partial charge in [-0.1, -0.05) is 12.1 Å². The van der Waals surface area contributed by atoms with E-state index >= 15 is 0 Å². The quantitative estimate of drug-likeness (QED) is 0.566. The number of benzene rings is 2. The minimum atomic E-state index is -1.04. The average Bonchev–Trinajstić information content (AvgIpc) is 2.82. The zero-order chi connectivity index (χ0) is 23.4. The van der Waals surface area contributed by atoms with Gasteiger partial charge in [0.05, 0.1) is 14.2 Å². The van der Waals surface area contributed by atoms with Gasteiger partial charge in [-0.3, -0.25) is 0 Å². The molecule has 3 rings (SSSR count). The summed E-state index contributed by atoms with van der Waals surface area (Å²) < 4.78 is 11.2. The topological polar surface area (TPSA) is 71.1 Å². The minimum absolute atomic E-state index is 0.614. The van der Waals surface area contributed by atoms with Gasteiger partial charge in [0.1, 0.15) is 11.5 Å². The Morgan fingerprint density at radius 1 is 0.656 bits per heavy atom. The summed E-state index contributed by atoms with van der Waals surface area (Å²) in [5, 5.41) is 26.6. The van der Waals surface area contributed by atoms with Crippen LogP contribution in [0.3, 0.4) is 0 Å². The van der Waals surface area contributed by atoms with Gasteiger partial charge in [0.2, 0.25) is 0 Å². The molecule has 0 N–H and O–H groups in total. The van der Waals surface area contributed by atoms with E-state index in [1.807, 2.05) is 36.4 Å². The molecule has 1 saturated carbocycles. The van der Waals surface area contributed by atoms with Gasteiger partial charge in [-0.05, 0) is 62.8 Å². The third-order valence-corrected chi connectivity index (χ3v) is 6.83. The van der Waals surface area contributed by atoms with Crippen molar-refractivity contribution in [3.8, 4) is 11.5 Å². The van der Waals surface area contributed by atoms with Crippen LogP contribution in [0.4, 0.5) is 11.4 Å². The lowest BCUT2D eigenvalue weighted by atomic mass is 9.63. The molecule has 0 saturated heterocycles. The monoisotopic (exact) mass is 440 g/mol. The second-order valence-corrected chi connectivity index (χ2v) is 8.18. The van der Waals surface area contributed by atoms with E-state index in [-0.39, 0.29) is 0 Å². The van der Waals surface area contributed by atoms with Crippen LogP contribution in [0.15, 0.2) is 36.4 Å². The number of methoxy groups -OCH3 is 2. The Balaban J connectivity index is 1.89. The van der Waals surface area contributed by atoms with Crippen LogP contribution in [0, 0.1) is 0 Å². The van der Waals surface area contributed by atoms with Crippen molar-refractivity contribution in [2.45, 2.75) is 51.7 Å². The first-order chi connectivity index (χ1) is 15.4. The Labute approximate surface area is 192 Å². The van der Waals surface area contributed by atoms with Crippen molar-refractivity contribution in [2.75, 3.05) is 50.2 Å². The van der Waals surface area contributed by atoms with Crippen LogP contribution in [0.25, 0.3) is 0 Å². The molecule has 0 aliphatic heterocycles. The molecule has 1 aliphatic carbocycles. The molecule has 6 heteroatoms. The summed E-state index contributed by atoms with van der Waals surface area (Å²) in [5.74, 6) is -0.0347. The maximum Gasteiger partial charge on any atom is 0.124 e. The van der Waals surface area contributed by atoms with Gasteiger partial charge < -0.3 is 29.5 Å². The van der Waals surface area contributed by atoms with E-state index in [9.17, 15) is 10.2 Å². The highest BCUT2D eigenvalue weighted by molar-refractivity contribution is 5.58. The first-order valence-electron chi connectivity index (χ1n) is 11.6. The normalized spacial score (nSPS) is 22.2. The Hall–Kier alpha value is -2.44. The van der Waals surface area contributed by atoms with Gasteiger partial charge in [-0.2, -0.15) is 0 Å². The number of ether oxygens (including phenoxy) is 2. The second-order valence-electron chi connectivity index (χ2n) is 8.18. The van der Waals surface area contributed by atoms with Crippen molar-refractivity contribution >= 4 is 11.4 Å². The molecule has 6 nitrogen and oxygen atoms in total. The zero-order valence-corrected chi connectivity index (χ0v) is 20.1. The van der Waals surface area contributed by atoms with Gasteiger partial charge in [-0.15, -0.1) is 12.2 Å². The molecule has 0 bridgehead atoms. The van der Waals surface area contributed by atoms with Crippen molar-refractivity contribution in [1.29, 1.82) is 0 Å². The molecule has 2 aromatic carbocycles. The maximum absolute atomic E-state index is 13.3. The molecule has 1 fully saturated rings. The largest absolute Gasteiger partial charge is 0.851 e. The van der Waals surface area contributed by atoms with Crippen LogP contribution < -0.4 is 29.5 Å². The number of nitrogens with zero attached hydrogens (tertiary/aromatic N) is 2. The molecule has 0 heterocycles. The van der Waals surface area contributed by atoms with Gasteiger partial charge in [0.25, 0.3) is 0 Å². The molecule has 0 radical (unpaired) electrons. The summed E-state index contributed by atoms with van der Waals surface area (Å²) in [7, 11) is 3.19. The fraction of sp³-hybridized carbons (Fsp3) is 0.538. The summed E-state index contributed by atoms with van der Waals surface area (Å²) in [4.78, 5) is 4.42. The van der Waals surface area contributed by atoms with Crippen molar-refractivity contribution < 1.29 is 19.7 Å². The van der Waals surface area contributed by atoms with Gasteiger partial charge in [0, 0.05) is 49.7 Å².